The molecule has 1 aromatic heterocycles. The van der Waals surface area contributed by atoms with Crippen LogP contribution >= 0.6 is 0 Å². The molecule has 2 aliphatic rings. The van der Waals surface area contributed by atoms with E-state index in [0.717, 1.165) is 56.6 Å². The fraction of sp³-hybridized carbons (Fsp3) is 0.529. The lowest BCUT2D eigenvalue weighted by Gasteiger charge is -2.31. The van der Waals surface area contributed by atoms with E-state index >= 15 is 0 Å². The minimum absolute atomic E-state index is 0.205. The van der Waals surface area contributed by atoms with Crippen molar-refractivity contribution in [1.82, 2.24) is 15.0 Å². The van der Waals surface area contributed by atoms with E-state index in [1.54, 1.807) is 12.1 Å². The normalized spacial score (nSPS) is 22.4. The zero-order valence-corrected chi connectivity index (χ0v) is 12.8. The summed E-state index contributed by atoms with van der Waals surface area (Å²) in [5.74, 6) is 0.645. The van der Waals surface area contributed by atoms with Crippen molar-refractivity contribution in [1.29, 1.82) is 0 Å². The molecule has 1 saturated heterocycles. The SMILES string of the molecule is Fc1cccc(CN2CCC[C@H](c3noc(C4CC4)n3)C2)c1F. The average Bonchev–Trinajstić information content (AvgIpc) is 3.29. The molecule has 23 heavy (non-hydrogen) atoms. The third-order valence-corrected chi connectivity index (χ3v) is 4.68. The van der Waals surface area contributed by atoms with Gasteiger partial charge in [0, 0.05) is 30.5 Å². The summed E-state index contributed by atoms with van der Waals surface area (Å²) in [6.45, 7) is 2.03. The van der Waals surface area contributed by atoms with Crippen LogP contribution in [0.1, 0.15) is 54.8 Å². The Labute approximate surface area is 133 Å². The largest absolute Gasteiger partial charge is 0.339 e. The highest BCUT2D eigenvalue weighted by Gasteiger charge is 2.32. The summed E-state index contributed by atoms with van der Waals surface area (Å²) in [5, 5.41) is 4.13. The number of hydrogen-bond donors (Lipinski definition) is 0. The van der Waals surface area contributed by atoms with E-state index in [4.69, 9.17) is 4.52 Å². The molecule has 1 aromatic carbocycles. The molecule has 122 valence electrons. The van der Waals surface area contributed by atoms with E-state index in [1.165, 1.54) is 0 Å². The van der Waals surface area contributed by atoms with Crippen LogP contribution in [0, 0.1) is 11.6 Å². The summed E-state index contributed by atoms with van der Waals surface area (Å²) in [5.41, 5.74) is 0.400. The molecule has 0 radical (unpaired) electrons. The van der Waals surface area contributed by atoms with Gasteiger partial charge in [-0.2, -0.15) is 4.98 Å². The third-order valence-electron chi connectivity index (χ3n) is 4.68. The zero-order chi connectivity index (χ0) is 15.8. The summed E-state index contributed by atoms with van der Waals surface area (Å²) in [6, 6.07) is 4.34. The number of halogens is 2. The van der Waals surface area contributed by atoms with Crippen LogP contribution in [0.15, 0.2) is 22.7 Å². The number of rotatable bonds is 4. The van der Waals surface area contributed by atoms with E-state index in [-0.39, 0.29) is 5.92 Å². The van der Waals surface area contributed by atoms with Crippen molar-refractivity contribution in [2.24, 2.45) is 0 Å². The lowest BCUT2D eigenvalue weighted by molar-refractivity contribution is 0.192. The van der Waals surface area contributed by atoms with Crippen molar-refractivity contribution in [2.75, 3.05) is 13.1 Å². The number of hydrogen-bond acceptors (Lipinski definition) is 4. The van der Waals surface area contributed by atoms with E-state index in [1.807, 2.05) is 0 Å². The van der Waals surface area contributed by atoms with Gasteiger partial charge in [-0.15, -0.1) is 0 Å². The van der Waals surface area contributed by atoms with Gasteiger partial charge in [0.05, 0.1) is 0 Å². The molecule has 1 atom stereocenters. The van der Waals surface area contributed by atoms with Crippen molar-refractivity contribution < 1.29 is 13.3 Å². The molecule has 1 saturated carbocycles. The van der Waals surface area contributed by atoms with Crippen LogP contribution in [0.3, 0.4) is 0 Å². The van der Waals surface area contributed by atoms with Crippen LogP contribution in [-0.2, 0) is 6.54 Å². The Hall–Kier alpha value is -1.82. The maximum absolute atomic E-state index is 13.8. The predicted octanol–water partition coefficient (Wildman–Crippen LogP) is 3.60. The first-order valence-corrected chi connectivity index (χ1v) is 8.19. The fourth-order valence-corrected chi connectivity index (χ4v) is 3.23. The second-order valence-corrected chi connectivity index (χ2v) is 6.55. The minimum Gasteiger partial charge on any atom is -0.339 e. The van der Waals surface area contributed by atoms with Crippen molar-refractivity contribution in [3.8, 4) is 0 Å². The molecule has 0 unspecified atom stereocenters. The number of likely N-dealkylation sites (tertiary alicyclic amines) is 1. The molecular weight excluding hydrogens is 300 g/mol. The van der Waals surface area contributed by atoms with Crippen LogP contribution in [0.2, 0.25) is 0 Å². The summed E-state index contributed by atoms with van der Waals surface area (Å²) < 4.78 is 32.5. The zero-order valence-electron chi connectivity index (χ0n) is 12.8. The number of benzene rings is 1. The Morgan fingerprint density at radius 2 is 2.04 bits per heavy atom. The van der Waals surface area contributed by atoms with Crippen molar-refractivity contribution in [2.45, 2.75) is 44.1 Å². The number of piperidine rings is 1. The van der Waals surface area contributed by atoms with E-state index in [9.17, 15) is 8.78 Å². The molecule has 2 fully saturated rings. The van der Waals surface area contributed by atoms with Crippen molar-refractivity contribution in [3.63, 3.8) is 0 Å². The van der Waals surface area contributed by atoms with Gasteiger partial charge in [-0.1, -0.05) is 17.3 Å². The van der Waals surface area contributed by atoms with Crippen LogP contribution in [0.5, 0.6) is 0 Å². The predicted molar refractivity (Wildman–Crippen MR) is 79.9 cm³/mol. The summed E-state index contributed by atoms with van der Waals surface area (Å²) in [4.78, 5) is 6.67. The van der Waals surface area contributed by atoms with Crippen LogP contribution in [0.4, 0.5) is 8.78 Å². The fourth-order valence-electron chi connectivity index (χ4n) is 3.23. The highest BCUT2D eigenvalue weighted by Crippen LogP contribution is 2.39. The highest BCUT2D eigenvalue weighted by molar-refractivity contribution is 5.19. The standard InChI is InChI=1S/C17H19F2N3O/c18-14-5-1-3-12(15(14)19)9-22-8-2-4-13(10-22)16-20-17(23-21-16)11-6-7-11/h1,3,5,11,13H,2,4,6-10H2/t13-/m0/s1. The second kappa shape index (κ2) is 6.00. The smallest absolute Gasteiger partial charge is 0.229 e. The Kier molecular flexibility index (Phi) is 3.85. The Morgan fingerprint density at radius 3 is 2.87 bits per heavy atom. The molecular formula is C17H19F2N3O. The number of aromatic nitrogens is 2. The minimum atomic E-state index is -0.789. The molecule has 1 aliphatic heterocycles. The van der Waals surface area contributed by atoms with Gasteiger partial charge in [0.25, 0.3) is 0 Å². The summed E-state index contributed by atoms with van der Waals surface area (Å²) in [6.07, 6.45) is 4.27. The molecule has 0 N–H and O–H groups in total. The van der Waals surface area contributed by atoms with Gasteiger partial charge in [-0.3, -0.25) is 4.90 Å². The van der Waals surface area contributed by atoms with Gasteiger partial charge in [-0.05, 0) is 38.3 Å². The number of nitrogens with zero attached hydrogens (tertiary/aromatic N) is 3. The Bertz CT molecular complexity index is 699. The molecule has 6 heteroatoms. The first-order chi connectivity index (χ1) is 11.2. The molecule has 2 heterocycles. The third kappa shape index (κ3) is 3.13. The van der Waals surface area contributed by atoms with E-state index in [2.05, 4.69) is 15.0 Å². The molecule has 1 aliphatic carbocycles. The van der Waals surface area contributed by atoms with Gasteiger partial charge in [0.15, 0.2) is 17.5 Å². The first kappa shape index (κ1) is 14.8. The Balaban J connectivity index is 1.44. The second-order valence-electron chi connectivity index (χ2n) is 6.55. The molecule has 4 rings (SSSR count). The summed E-state index contributed by atoms with van der Waals surface area (Å²) in [7, 11) is 0. The summed E-state index contributed by atoms with van der Waals surface area (Å²) >= 11 is 0. The van der Waals surface area contributed by atoms with Gasteiger partial charge in [0.1, 0.15) is 0 Å². The first-order valence-electron chi connectivity index (χ1n) is 8.19. The molecule has 0 bridgehead atoms. The topological polar surface area (TPSA) is 42.2 Å². The molecule has 0 amide bonds. The molecule has 4 nitrogen and oxygen atoms in total. The lowest BCUT2D eigenvalue weighted by atomic mass is 9.97. The van der Waals surface area contributed by atoms with Crippen molar-refractivity contribution in [3.05, 3.63) is 47.1 Å². The highest BCUT2D eigenvalue weighted by atomic mass is 19.2. The quantitative estimate of drug-likeness (QED) is 0.863. The lowest BCUT2D eigenvalue weighted by Crippen LogP contribution is -2.34. The van der Waals surface area contributed by atoms with Gasteiger partial charge < -0.3 is 4.52 Å². The van der Waals surface area contributed by atoms with Crippen LogP contribution in [0.25, 0.3) is 0 Å². The van der Waals surface area contributed by atoms with E-state index in [0.29, 0.717) is 18.0 Å². The van der Waals surface area contributed by atoms with Gasteiger partial charge >= 0.3 is 0 Å². The maximum atomic E-state index is 13.8. The van der Waals surface area contributed by atoms with Gasteiger partial charge in [-0.25, -0.2) is 8.78 Å². The average molecular weight is 319 g/mol. The Morgan fingerprint density at radius 1 is 1.17 bits per heavy atom. The van der Waals surface area contributed by atoms with E-state index < -0.39 is 11.6 Å². The molecule has 2 aromatic rings. The maximum Gasteiger partial charge on any atom is 0.229 e. The monoisotopic (exact) mass is 319 g/mol. The van der Waals surface area contributed by atoms with Crippen LogP contribution < -0.4 is 0 Å². The van der Waals surface area contributed by atoms with Crippen molar-refractivity contribution >= 4 is 0 Å². The van der Waals surface area contributed by atoms with Crippen LogP contribution in [-0.4, -0.2) is 28.1 Å². The molecule has 0 spiro atoms. The van der Waals surface area contributed by atoms with Gasteiger partial charge in [0.2, 0.25) is 5.89 Å².